The summed E-state index contributed by atoms with van der Waals surface area (Å²) in [6.07, 6.45) is 3.62. The third-order valence-corrected chi connectivity index (χ3v) is 4.53. The van der Waals surface area contributed by atoms with Crippen molar-refractivity contribution in [3.63, 3.8) is 0 Å². The minimum atomic E-state index is -0.424. The molecule has 0 aliphatic carbocycles. The van der Waals surface area contributed by atoms with Crippen LogP contribution in [-0.4, -0.2) is 33.9 Å². The number of pyridine rings is 1. The number of anilines is 1. The molecule has 1 saturated heterocycles. The van der Waals surface area contributed by atoms with Gasteiger partial charge in [0.1, 0.15) is 0 Å². The highest BCUT2D eigenvalue weighted by Crippen LogP contribution is 2.19. The molecular formula is C17H20ClN5O2. The zero-order valence-electron chi connectivity index (χ0n) is 14.2. The summed E-state index contributed by atoms with van der Waals surface area (Å²) in [5.41, 5.74) is 2.05. The first kappa shape index (κ1) is 17.4. The van der Waals surface area contributed by atoms with Crippen molar-refractivity contribution in [2.75, 3.05) is 18.0 Å². The topological polar surface area (TPSA) is 91.0 Å². The molecular weight excluding hydrogens is 342 g/mol. The molecule has 0 aromatic carbocycles. The van der Waals surface area contributed by atoms with Crippen LogP contribution in [0.25, 0.3) is 0 Å². The summed E-state index contributed by atoms with van der Waals surface area (Å²) in [6.45, 7) is 5.52. The van der Waals surface area contributed by atoms with Gasteiger partial charge in [-0.05, 0) is 38.3 Å². The minimum Gasteiger partial charge on any atom is -0.346 e. The van der Waals surface area contributed by atoms with E-state index in [9.17, 15) is 9.59 Å². The first-order valence-electron chi connectivity index (χ1n) is 8.21. The number of carbonyl (C=O) groups excluding carboxylic acids is 1. The number of aryl methyl sites for hydroxylation is 2. The van der Waals surface area contributed by atoms with Gasteiger partial charge in [0, 0.05) is 30.9 Å². The van der Waals surface area contributed by atoms with Crippen molar-refractivity contribution in [2.45, 2.75) is 33.2 Å². The largest absolute Gasteiger partial charge is 0.346 e. The van der Waals surface area contributed by atoms with E-state index >= 15 is 0 Å². The normalized spacial score (nSPS) is 14.0. The van der Waals surface area contributed by atoms with Crippen molar-refractivity contribution < 1.29 is 4.79 Å². The van der Waals surface area contributed by atoms with E-state index in [2.05, 4.69) is 20.3 Å². The van der Waals surface area contributed by atoms with Gasteiger partial charge in [-0.2, -0.15) is 0 Å². The second kappa shape index (κ2) is 7.23. The van der Waals surface area contributed by atoms with Crippen LogP contribution in [0.5, 0.6) is 0 Å². The Hall–Kier alpha value is -2.41. The Morgan fingerprint density at radius 3 is 2.76 bits per heavy atom. The van der Waals surface area contributed by atoms with E-state index in [0.717, 1.165) is 37.2 Å². The maximum atomic E-state index is 12.5. The zero-order valence-corrected chi connectivity index (χ0v) is 15.0. The van der Waals surface area contributed by atoms with Crippen LogP contribution >= 0.6 is 11.6 Å². The maximum Gasteiger partial charge on any atom is 0.271 e. The maximum absolute atomic E-state index is 12.5. The molecule has 25 heavy (non-hydrogen) atoms. The number of amides is 1. The number of hydrogen-bond donors (Lipinski definition) is 2. The van der Waals surface area contributed by atoms with Gasteiger partial charge in [0.25, 0.3) is 11.5 Å². The van der Waals surface area contributed by atoms with Gasteiger partial charge in [0.05, 0.1) is 11.2 Å². The lowest BCUT2D eigenvalue weighted by molar-refractivity contribution is 0.0946. The van der Waals surface area contributed by atoms with Crippen LogP contribution in [0.4, 0.5) is 5.95 Å². The Morgan fingerprint density at radius 2 is 2.08 bits per heavy atom. The average molecular weight is 362 g/mol. The fourth-order valence-corrected chi connectivity index (χ4v) is 3.12. The molecule has 1 amide bonds. The van der Waals surface area contributed by atoms with Crippen LogP contribution in [0.15, 0.2) is 17.1 Å². The van der Waals surface area contributed by atoms with E-state index in [1.54, 1.807) is 0 Å². The Balaban J connectivity index is 1.77. The van der Waals surface area contributed by atoms with Gasteiger partial charge >= 0.3 is 0 Å². The SMILES string of the molecule is Cc1cc(C)c(CNC(=O)c2nc(N3CCCC3)ncc2Cl)c(=O)[nH]1. The fourth-order valence-electron chi connectivity index (χ4n) is 2.94. The molecule has 2 aromatic heterocycles. The van der Waals surface area contributed by atoms with Crippen LogP contribution in [-0.2, 0) is 6.54 Å². The second-order valence-corrected chi connectivity index (χ2v) is 6.59. The average Bonchev–Trinajstić information content (AvgIpc) is 3.08. The molecule has 8 heteroatoms. The number of halogens is 1. The van der Waals surface area contributed by atoms with Gasteiger partial charge in [-0.15, -0.1) is 0 Å². The molecule has 1 aliphatic rings. The molecule has 1 aliphatic heterocycles. The highest BCUT2D eigenvalue weighted by Gasteiger charge is 2.20. The van der Waals surface area contributed by atoms with E-state index in [0.29, 0.717) is 11.5 Å². The number of aromatic nitrogens is 3. The number of nitrogens with zero attached hydrogens (tertiary/aromatic N) is 3. The lowest BCUT2D eigenvalue weighted by Gasteiger charge is -2.16. The molecule has 0 spiro atoms. The smallest absolute Gasteiger partial charge is 0.271 e. The van der Waals surface area contributed by atoms with Crippen molar-refractivity contribution in [1.82, 2.24) is 20.3 Å². The summed E-state index contributed by atoms with van der Waals surface area (Å²) in [4.78, 5) is 37.8. The van der Waals surface area contributed by atoms with Gasteiger partial charge in [0.15, 0.2) is 5.69 Å². The summed E-state index contributed by atoms with van der Waals surface area (Å²) in [5.74, 6) is 0.0867. The van der Waals surface area contributed by atoms with Crippen LogP contribution in [0.2, 0.25) is 5.02 Å². The number of rotatable bonds is 4. The molecule has 7 nitrogen and oxygen atoms in total. The lowest BCUT2D eigenvalue weighted by atomic mass is 10.1. The van der Waals surface area contributed by atoms with E-state index in [1.165, 1.54) is 6.20 Å². The molecule has 0 radical (unpaired) electrons. The molecule has 0 saturated carbocycles. The van der Waals surface area contributed by atoms with Crippen LogP contribution in [0.1, 0.15) is 40.2 Å². The summed E-state index contributed by atoms with van der Waals surface area (Å²) < 4.78 is 0. The standard InChI is InChI=1S/C17H20ClN5O2/c1-10-7-11(2)21-15(24)12(10)8-19-16(25)14-13(18)9-20-17(22-14)23-5-3-4-6-23/h7,9H,3-6,8H2,1-2H3,(H,19,25)(H,21,24). The summed E-state index contributed by atoms with van der Waals surface area (Å²) in [6, 6.07) is 1.87. The molecule has 1 fully saturated rings. The number of hydrogen-bond acceptors (Lipinski definition) is 5. The molecule has 0 bridgehead atoms. The van der Waals surface area contributed by atoms with Gasteiger partial charge < -0.3 is 15.2 Å². The highest BCUT2D eigenvalue weighted by atomic mass is 35.5. The molecule has 2 aromatic rings. The first-order chi connectivity index (χ1) is 12.0. The molecule has 3 heterocycles. The summed E-state index contributed by atoms with van der Waals surface area (Å²) in [5, 5.41) is 2.91. The quantitative estimate of drug-likeness (QED) is 0.868. The van der Waals surface area contributed by atoms with Gasteiger partial charge in [0.2, 0.25) is 5.95 Å². The third kappa shape index (κ3) is 3.82. The highest BCUT2D eigenvalue weighted by molar-refractivity contribution is 6.33. The third-order valence-electron chi connectivity index (χ3n) is 4.25. The van der Waals surface area contributed by atoms with E-state index < -0.39 is 5.91 Å². The number of nitrogens with one attached hydrogen (secondary N) is 2. The predicted octanol–water partition coefficient (Wildman–Crippen LogP) is 1.97. The first-order valence-corrected chi connectivity index (χ1v) is 8.58. The zero-order chi connectivity index (χ0) is 18.0. The predicted molar refractivity (Wildman–Crippen MR) is 96.2 cm³/mol. The van der Waals surface area contributed by atoms with Gasteiger partial charge in [-0.3, -0.25) is 9.59 Å². The Kier molecular flexibility index (Phi) is 5.03. The minimum absolute atomic E-state index is 0.111. The Morgan fingerprint density at radius 1 is 1.36 bits per heavy atom. The molecule has 132 valence electrons. The molecule has 0 atom stereocenters. The number of carbonyl (C=O) groups is 1. The monoisotopic (exact) mass is 361 g/mol. The van der Waals surface area contributed by atoms with Crippen molar-refractivity contribution in [3.8, 4) is 0 Å². The lowest BCUT2D eigenvalue weighted by Crippen LogP contribution is -2.29. The molecule has 0 unspecified atom stereocenters. The van der Waals surface area contributed by atoms with E-state index in [1.807, 2.05) is 24.8 Å². The van der Waals surface area contributed by atoms with Crippen molar-refractivity contribution in [1.29, 1.82) is 0 Å². The van der Waals surface area contributed by atoms with Crippen molar-refractivity contribution in [3.05, 3.63) is 50.2 Å². The van der Waals surface area contributed by atoms with Crippen LogP contribution in [0, 0.1) is 13.8 Å². The number of aromatic amines is 1. The van der Waals surface area contributed by atoms with Crippen LogP contribution in [0.3, 0.4) is 0 Å². The molecule has 2 N–H and O–H groups in total. The Labute approximate surface area is 150 Å². The number of H-pyrrole nitrogens is 1. The molecule has 3 rings (SSSR count). The van der Waals surface area contributed by atoms with E-state index in [-0.39, 0.29) is 22.8 Å². The second-order valence-electron chi connectivity index (χ2n) is 6.19. The summed E-state index contributed by atoms with van der Waals surface area (Å²) in [7, 11) is 0. The van der Waals surface area contributed by atoms with Crippen LogP contribution < -0.4 is 15.8 Å². The van der Waals surface area contributed by atoms with Gasteiger partial charge in [-0.25, -0.2) is 9.97 Å². The summed E-state index contributed by atoms with van der Waals surface area (Å²) >= 11 is 6.09. The van der Waals surface area contributed by atoms with Crippen molar-refractivity contribution >= 4 is 23.5 Å². The van der Waals surface area contributed by atoms with Gasteiger partial charge in [-0.1, -0.05) is 11.6 Å². The fraction of sp³-hybridized carbons (Fsp3) is 0.412. The Bertz CT molecular complexity index is 859. The van der Waals surface area contributed by atoms with Crippen molar-refractivity contribution in [2.24, 2.45) is 0 Å². The van der Waals surface area contributed by atoms with E-state index in [4.69, 9.17) is 11.6 Å².